The topological polar surface area (TPSA) is 43.1 Å². The largest absolute Gasteiger partial charge is 0.269 e. The second-order valence-corrected chi connectivity index (χ2v) is 5.95. The van der Waals surface area contributed by atoms with E-state index >= 15 is 0 Å². The fourth-order valence-electron chi connectivity index (χ4n) is 2.69. The average molecular weight is 262 g/mol. The summed E-state index contributed by atoms with van der Waals surface area (Å²) in [5.74, 6) is 2.54. The maximum atomic E-state index is 10.9. The van der Waals surface area contributed by atoms with Crippen molar-refractivity contribution in [2.75, 3.05) is 0 Å². The van der Waals surface area contributed by atoms with Gasteiger partial charge in [0.2, 0.25) is 0 Å². The first-order valence-electron chi connectivity index (χ1n) is 6.91. The molecule has 0 aromatic heterocycles. The number of non-ortho nitro benzene ring substituents is 1. The summed E-state index contributed by atoms with van der Waals surface area (Å²) in [6.45, 7) is 12.9. The van der Waals surface area contributed by atoms with Gasteiger partial charge in [-0.1, -0.05) is 47.6 Å². The van der Waals surface area contributed by atoms with E-state index in [1.165, 1.54) is 11.5 Å². The molecule has 3 heteroatoms. The van der Waals surface area contributed by atoms with Gasteiger partial charge in [0.05, 0.1) is 4.92 Å². The zero-order valence-electron chi connectivity index (χ0n) is 12.7. The standard InChI is InChI=1S/C16H24NO2/c1-10(2)15-9-13(17(18)19)7-8-14(15)16(11(3)4)12(5)6/h7-12H,1-6H3. The van der Waals surface area contributed by atoms with Crippen molar-refractivity contribution in [1.82, 2.24) is 0 Å². The predicted octanol–water partition coefficient (Wildman–Crippen LogP) is 4.95. The van der Waals surface area contributed by atoms with E-state index in [0.29, 0.717) is 11.8 Å². The second kappa shape index (κ2) is 6.18. The fourth-order valence-corrected chi connectivity index (χ4v) is 2.69. The van der Waals surface area contributed by atoms with Crippen LogP contribution in [0.2, 0.25) is 0 Å². The molecule has 0 bridgehead atoms. The average Bonchev–Trinajstić information content (AvgIpc) is 2.27. The van der Waals surface area contributed by atoms with Gasteiger partial charge < -0.3 is 0 Å². The summed E-state index contributed by atoms with van der Waals surface area (Å²) >= 11 is 0. The van der Waals surface area contributed by atoms with Gasteiger partial charge >= 0.3 is 0 Å². The van der Waals surface area contributed by atoms with Crippen molar-refractivity contribution in [3.63, 3.8) is 0 Å². The molecule has 0 unspecified atom stereocenters. The Morgan fingerprint density at radius 1 is 1.05 bits per heavy atom. The first-order chi connectivity index (χ1) is 8.75. The minimum atomic E-state index is -0.319. The highest BCUT2D eigenvalue weighted by atomic mass is 16.6. The molecular formula is C16H24NO2. The highest BCUT2D eigenvalue weighted by Crippen LogP contribution is 2.37. The number of nitrogens with zero attached hydrogens (tertiary/aromatic N) is 1. The summed E-state index contributed by atoms with van der Waals surface area (Å²) < 4.78 is 0. The summed E-state index contributed by atoms with van der Waals surface area (Å²) in [6.07, 6.45) is 0. The number of hydrogen-bond acceptors (Lipinski definition) is 2. The second-order valence-electron chi connectivity index (χ2n) is 5.95. The van der Waals surface area contributed by atoms with Crippen LogP contribution in [-0.2, 0) is 0 Å². The summed E-state index contributed by atoms with van der Waals surface area (Å²) in [5.41, 5.74) is 2.44. The molecule has 0 amide bonds. The Bertz CT molecular complexity index is 442. The van der Waals surface area contributed by atoms with Crippen LogP contribution in [0.4, 0.5) is 5.69 Å². The molecule has 0 fully saturated rings. The van der Waals surface area contributed by atoms with Crippen molar-refractivity contribution in [3.05, 3.63) is 45.4 Å². The van der Waals surface area contributed by atoms with Gasteiger partial charge in [-0.25, -0.2) is 0 Å². The molecule has 0 aliphatic heterocycles. The number of hydrogen-bond donors (Lipinski definition) is 0. The van der Waals surface area contributed by atoms with Gasteiger partial charge in [0.15, 0.2) is 0 Å². The van der Waals surface area contributed by atoms with E-state index in [4.69, 9.17) is 0 Å². The molecule has 1 aromatic carbocycles. The van der Waals surface area contributed by atoms with Crippen LogP contribution >= 0.6 is 0 Å². The van der Waals surface area contributed by atoms with Gasteiger partial charge in [0.1, 0.15) is 0 Å². The Kier molecular flexibility index (Phi) is 5.10. The molecule has 0 saturated carbocycles. The smallest absolute Gasteiger partial charge is 0.258 e. The number of rotatable bonds is 5. The molecule has 0 spiro atoms. The fraction of sp³-hybridized carbons (Fsp3) is 0.562. The lowest BCUT2D eigenvalue weighted by atomic mass is 9.76. The number of nitro benzene ring substituents is 1. The SMILES string of the molecule is CC(C)[C](c1ccc([N+](=O)[O-])cc1C(C)C)C(C)C. The van der Waals surface area contributed by atoms with Crippen molar-refractivity contribution in [2.24, 2.45) is 11.8 Å². The quantitative estimate of drug-likeness (QED) is 0.556. The predicted molar refractivity (Wildman–Crippen MR) is 79.2 cm³/mol. The molecule has 0 N–H and O–H groups in total. The lowest BCUT2D eigenvalue weighted by molar-refractivity contribution is -0.384. The number of benzene rings is 1. The summed E-state index contributed by atoms with van der Waals surface area (Å²) in [4.78, 5) is 10.6. The van der Waals surface area contributed by atoms with E-state index < -0.39 is 0 Å². The van der Waals surface area contributed by atoms with Crippen LogP contribution in [0.25, 0.3) is 0 Å². The first kappa shape index (κ1) is 15.7. The summed E-state index contributed by atoms with van der Waals surface area (Å²) in [6, 6.07) is 5.26. The van der Waals surface area contributed by atoms with Crippen LogP contribution < -0.4 is 0 Å². The third-order valence-corrected chi connectivity index (χ3v) is 3.42. The lowest BCUT2D eigenvalue weighted by Crippen LogP contribution is -2.17. The van der Waals surface area contributed by atoms with Crippen molar-refractivity contribution < 1.29 is 4.92 Å². The molecule has 0 atom stereocenters. The van der Waals surface area contributed by atoms with Crippen molar-refractivity contribution in [1.29, 1.82) is 0 Å². The normalized spacial score (nSPS) is 11.9. The van der Waals surface area contributed by atoms with Crippen LogP contribution in [0.3, 0.4) is 0 Å². The van der Waals surface area contributed by atoms with Gasteiger partial charge in [-0.2, -0.15) is 0 Å². The Labute approximate surface area is 116 Å². The molecule has 0 aliphatic rings. The summed E-state index contributed by atoms with van der Waals surface area (Å²) in [5, 5.41) is 10.9. The zero-order valence-corrected chi connectivity index (χ0v) is 12.7. The number of nitro groups is 1. The molecule has 1 rings (SSSR count). The molecule has 0 saturated heterocycles. The minimum absolute atomic E-state index is 0.180. The zero-order chi connectivity index (χ0) is 14.7. The maximum absolute atomic E-state index is 10.9. The van der Waals surface area contributed by atoms with Gasteiger partial charge in [-0.05, 0) is 28.9 Å². The monoisotopic (exact) mass is 262 g/mol. The van der Waals surface area contributed by atoms with E-state index in [1.807, 2.05) is 6.07 Å². The molecule has 1 radical (unpaired) electrons. The molecular weight excluding hydrogens is 238 g/mol. The van der Waals surface area contributed by atoms with Crippen LogP contribution in [0.5, 0.6) is 0 Å². The third-order valence-electron chi connectivity index (χ3n) is 3.42. The highest BCUT2D eigenvalue weighted by Gasteiger charge is 2.25. The molecule has 3 nitrogen and oxygen atoms in total. The van der Waals surface area contributed by atoms with Crippen molar-refractivity contribution in [2.45, 2.75) is 47.5 Å². The molecule has 0 aliphatic carbocycles. The molecule has 0 heterocycles. The molecule has 105 valence electrons. The van der Waals surface area contributed by atoms with Crippen LogP contribution in [0.15, 0.2) is 18.2 Å². The van der Waals surface area contributed by atoms with Crippen LogP contribution in [0, 0.1) is 27.9 Å². The Morgan fingerprint density at radius 2 is 1.58 bits per heavy atom. The van der Waals surface area contributed by atoms with E-state index in [9.17, 15) is 10.1 Å². The first-order valence-corrected chi connectivity index (χ1v) is 6.91. The van der Waals surface area contributed by atoms with Gasteiger partial charge in [0.25, 0.3) is 5.69 Å². The third kappa shape index (κ3) is 3.55. The maximum Gasteiger partial charge on any atom is 0.269 e. The summed E-state index contributed by atoms with van der Waals surface area (Å²) in [7, 11) is 0. The van der Waals surface area contributed by atoms with Gasteiger partial charge in [0, 0.05) is 18.1 Å². The van der Waals surface area contributed by atoms with E-state index in [-0.39, 0.29) is 16.5 Å². The highest BCUT2D eigenvalue weighted by molar-refractivity contribution is 5.48. The van der Waals surface area contributed by atoms with E-state index in [0.717, 1.165) is 5.56 Å². The van der Waals surface area contributed by atoms with Crippen LogP contribution in [-0.4, -0.2) is 4.92 Å². The Morgan fingerprint density at radius 3 is 1.95 bits per heavy atom. The van der Waals surface area contributed by atoms with Gasteiger partial charge in [-0.3, -0.25) is 10.1 Å². The van der Waals surface area contributed by atoms with E-state index in [2.05, 4.69) is 41.5 Å². The molecule has 19 heavy (non-hydrogen) atoms. The van der Waals surface area contributed by atoms with Crippen LogP contribution in [0.1, 0.15) is 58.6 Å². The lowest BCUT2D eigenvalue weighted by Gasteiger charge is -2.28. The van der Waals surface area contributed by atoms with Crippen molar-refractivity contribution in [3.8, 4) is 0 Å². The Balaban J connectivity index is 3.37. The Hall–Kier alpha value is -1.38. The minimum Gasteiger partial charge on any atom is -0.258 e. The molecule has 1 aromatic rings. The van der Waals surface area contributed by atoms with Crippen molar-refractivity contribution >= 4 is 5.69 Å². The van der Waals surface area contributed by atoms with E-state index in [1.54, 1.807) is 12.1 Å². The van der Waals surface area contributed by atoms with Gasteiger partial charge in [-0.15, -0.1) is 0 Å².